The second-order valence-electron chi connectivity index (χ2n) is 16.6. The van der Waals surface area contributed by atoms with E-state index in [4.69, 9.17) is 15.0 Å². The Morgan fingerprint density at radius 1 is 0.234 bits per heavy atom. The van der Waals surface area contributed by atoms with Gasteiger partial charge < -0.3 is 0 Å². The molecule has 0 aliphatic carbocycles. The third-order valence-corrected chi connectivity index (χ3v) is 12.9. The maximum Gasteiger partial charge on any atom is 0.164 e. The molecule has 0 atom stereocenters. The van der Waals surface area contributed by atoms with Crippen molar-refractivity contribution < 1.29 is 0 Å². The molecule has 0 bridgehead atoms. The molecular formula is C60H36N4. The Bertz CT molecular complexity index is 3910. The van der Waals surface area contributed by atoms with Crippen molar-refractivity contribution in [3.05, 3.63) is 219 Å². The van der Waals surface area contributed by atoms with E-state index >= 15 is 0 Å². The van der Waals surface area contributed by atoms with Gasteiger partial charge in [0.2, 0.25) is 0 Å². The monoisotopic (exact) mass is 812 g/mol. The summed E-state index contributed by atoms with van der Waals surface area (Å²) < 4.78 is 0. The second-order valence-corrected chi connectivity index (χ2v) is 16.6. The Labute approximate surface area is 369 Å². The van der Waals surface area contributed by atoms with Crippen LogP contribution in [0, 0.1) is 0 Å². The highest BCUT2D eigenvalue weighted by Gasteiger charge is 2.17. The van der Waals surface area contributed by atoms with Crippen molar-refractivity contribution in [2.24, 2.45) is 0 Å². The summed E-state index contributed by atoms with van der Waals surface area (Å²) in [6.07, 6.45) is 3.66. The van der Waals surface area contributed by atoms with Crippen LogP contribution in [0.4, 0.5) is 0 Å². The molecule has 0 spiro atoms. The van der Waals surface area contributed by atoms with Gasteiger partial charge in [0.05, 0.1) is 0 Å². The third kappa shape index (κ3) is 5.92. The fourth-order valence-electron chi connectivity index (χ4n) is 9.84. The SMILES string of the molecule is c1ccc(-c2nc(-c3ccc(-c4cccnc4)cc3)nc(-c3ccc(-c4cccc(-c5cc6ccc7cccc8c9cccc%10ccc%11cccc(c(c5)c6c78)c%11c%109)c4)cc3)n2)cc1. The van der Waals surface area contributed by atoms with Crippen LogP contribution in [0.3, 0.4) is 0 Å². The van der Waals surface area contributed by atoms with E-state index in [1.165, 1.54) is 75.8 Å². The van der Waals surface area contributed by atoms with Crippen molar-refractivity contribution in [1.29, 1.82) is 0 Å². The Hall–Kier alpha value is -8.60. The van der Waals surface area contributed by atoms with Gasteiger partial charge in [-0.25, -0.2) is 15.0 Å². The molecule has 4 nitrogen and oxygen atoms in total. The molecule has 0 amide bonds. The summed E-state index contributed by atoms with van der Waals surface area (Å²) in [7, 11) is 0. The van der Waals surface area contributed by atoms with E-state index in [1.807, 2.05) is 42.6 Å². The first kappa shape index (κ1) is 36.1. The van der Waals surface area contributed by atoms with Crippen LogP contribution in [-0.2, 0) is 0 Å². The highest BCUT2D eigenvalue weighted by Crippen LogP contribution is 2.44. The Morgan fingerprint density at radius 3 is 1.20 bits per heavy atom. The van der Waals surface area contributed by atoms with Gasteiger partial charge in [0.1, 0.15) is 0 Å². The van der Waals surface area contributed by atoms with E-state index in [1.54, 1.807) is 6.20 Å². The smallest absolute Gasteiger partial charge is 0.164 e. The van der Waals surface area contributed by atoms with E-state index in [9.17, 15) is 0 Å². The molecule has 64 heavy (non-hydrogen) atoms. The Kier molecular flexibility index (Phi) is 8.18. The predicted molar refractivity (Wildman–Crippen MR) is 266 cm³/mol. The molecule has 0 aliphatic rings. The fourth-order valence-corrected chi connectivity index (χ4v) is 9.84. The topological polar surface area (TPSA) is 51.6 Å². The molecule has 0 unspecified atom stereocenters. The minimum Gasteiger partial charge on any atom is -0.264 e. The third-order valence-electron chi connectivity index (χ3n) is 12.9. The molecule has 11 aromatic carbocycles. The summed E-state index contributed by atoms with van der Waals surface area (Å²) in [6.45, 7) is 0. The Morgan fingerprint density at radius 2 is 0.656 bits per heavy atom. The number of hydrogen-bond acceptors (Lipinski definition) is 4. The first-order valence-corrected chi connectivity index (χ1v) is 21.7. The first-order chi connectivity index (χ1) is 31.7. The van der Waals surface area contributed by atoms with Crippen molar-refractivity contribution in [3.8, 4) is 67.5 Å². The molecular weight excluding hydrogens is 777 g/mol. The molecule has 296 valence electrons. The summed E-state index contributed by atoms with van der Waals surface area (Å²) >= 11 is 0. The van der Waals surface area contributed by atoms with E-state index in [0.717, 1.165) is 38.9 Å². The van der Waals surface area contributed by atoms with Gasteiger partial charge in [-0.15, -0.1) is 0 Å². The molecule has 0 saturated heterocycles. The molecule has 0 fully saturated rings. The van der Waals surface area contributed by atoms with E-state index in [2.05, 4.69) is 175 Å². The zero-order valence-electron chi connectivity index (χ0n) is 34.6. The van der Waals surface area contributed by atoms with Crippen LogP contribution in [-0.4, -0.2) is 19.9 Å². The summed E-state index contributed by atoms with van der Waals surface area (Å²) in [5.74, 6) is 1.89. The number of aromatic nitrogens is 4. The minimum atomic E-state index is 0.625. The van der Waals surface area contributed by atoms with E-state index < -0.39 is 0 Å². The van der Waals surface area contributed by atoms with Gasteiger partial charge in [0, 0.05) is 29.1 Å². The highest BCUT2D eigenvalue weighted by molar-refractivity contribution is 6.37. The fraction of sp³-hybridized carbons (Fsp3) is 0. The average Bonchev–Trinajstić information content (AvgIpc) is 3.37. The number of benzene rings is 10. The lowest BCUT2D eigenvalue weighted by molar-refractivity contribution is 1.07. The van der Waals surface area contributed by atoms with Crippen LogP contribution in [0.25, 0.3) is 132 Å². The average molecular weight is 813 g/mol. The number of rotatable bonds is 6. The lowest BCUT2D eigenvalue weighted by Gasteiger charge is -2.17. The van der Waals surface area contributed by atoms with E-state index in [-0.39, 0.29) is 0 Å². The van der Waals surface area contributed by atoms with Crippen LogP contribution < -0.4 is 0 Å². The standard InChI is InChI=1S/C60H36N4/c1-2-9-42(10-3-1)58-62-59(64-60(63-58)44-29-22-38(23-30-44)48-16-8-32-61-36-48)43-27-20-37(21-28-43)45-14-4-15-46(33-45)49-34-47-31-26-41-12-6-18-51-50-17-5-11-39-24-25-40-13-7-19-52(56(40)54(39)50)53(35-49)57(47)55(41)51/h1-36H. The number of pyridine rings is 1. The van der Waals surface area contributed by atoms with Gasteiger partial charge in [-0.3, -0.25) is 4.98 Å². The van der Waals surface area contributed by atoms with Crippen LogP contribution in [0.15, 0.2) is 219 Å². The first-order valence-electron chi connectivity index (χ1n) is 21.7. The van der Waals surface area contributed by atoms with E-state index in [0.29, 0.717) is 17.5 Å². The molecule has 4 heteroatoms. The van der Waals surface area contributed by atoms with Gasteiger partial charge in [-0.05, 0) is 122 Å². The maximum absolute atomic E-state index is 5.04. The molecule has 0 saturated carbocycles. The lowest BCUT2D eigenvalue weighted by atomic mass is 9.86. The number of hydrogen-bond donors (Lipinski definition) is 0. The van der Waals surface area contributed by atoms with Gasteiger partial charge in [-0.1, -0.05) is 182 Å². The quantitative estimate of drug-likeness (QED) is 0.157. The zero-order valence-corrected chi connectivity index (χ0v) is 34.6. The maximum atomic E-state index is 5.04. The van der Waals surface area contributed by atoms with Gasteiger partial charge >= 0.3 is 0 Å². The largest absolute Gasteiger partial charge is 0.264 e. The summed E-state index contributed by atoms with van der Waals surface area (Å²) in [5, 5.41) is 15.4. The number of nitrogens with zero attached hydrogens (tertiary/aromatic N) is 4. The zero-order chi connectivity index (χ0) is 42.1. The molecule has 0 N–H and O–H groups in total. The summed E-state index contributed by atoms with van der Waals surface area (Å²) in [5.41, 5.74) is 9.55. The van der Waals surface area contributed by atoms with Crippen LogP contribution >= 0.6 is 0 Å². The van der Waals surface area contributed by atoms with Crippen LogP contribution in [0.2, 0.25) is 0 Å². The second kappa shape index (κ2) is 14.5. The summed E-state index contributed by atoms with van der Waals surface area (Å²) in [4.78, 5) is 19.3. The predicted octanol–water partition coefficient (Wildman–Crippen LogP) is 15.6. The van der Waals surface area contributed by atoms with Gasteiger partial charge in [0.15, 0.2) is 17.5 Å². The van der Waals surface area contributed by atoms with Crippen molar-refractivity contribution in [2.75, 3.05) is 0 Å². The Balaban J connectivity index is 0.918. The minimum absolute atomic E-state index is 0.625. The molecule has 0 aliphatic heterocycles. The van der Waals surface area contributed by atoms with Gasteiger partial charge in [0.25, 0.3) is 0 Å². The lowest BCUT2D eigenvalue weighted by Crippen LogP contribution is -2.00. The summed E-state index contributed by atoms with van der Waals surface area (Å²) in [6, 6.07) is 74.2. The number of fused-ring (bicyclic) bond motifs is 2. The molecule has 13 aromatic rings. The van der Waals surface area contributed by atoms with Gasteiger partial charge in [-0.2, -0.15) is 0 Å². The van der Waals surface area contributed by atoms with Crippen molar-refractivity contribution in [3.63, 3.8) is 0 Å². The van der Waals surface area contributed by atoms with Crippen LogP contribution in [0.5, 0.6) is 0 Å². The van der Waals surface area contributed by atoms with Crippen molar-refractivity contribution in [1.82, 2.24) is 19.9 Å². The molecule has 13 rings (SSSR count). The van der Waals surface area contributed by atoms with Crippen molar-refractivity contribution >= 4 is 64.6 Å². The normalized spacial score (nSPS) is 11.8. The van der Waals surface area contributed by atoms with Crippen LogP contribution in [0.1, 0.15) is 0 Å². The molecule has 2 aromatic heterocycles. The molecule has 0 radical (unpaired) electrons. The highest BCUT2D eigenvalue weighted by atomic mass is 15.0. The molecule has 2 heterocycles. The van der Waals surface area contributed by atoms with Crippen molar-refractivity contribution in [2.45, 2.75) is 0 Å².